The van der Waals surface area contributed by atoms with Crippen LogP contribution in [0.1, 0.15) is 16.7 Å². The highest BCUT2D eigenvalue weighted by atomic mass is 16.5. The zero-order chi connectivity index (χ0) is 13.7. The molecule has 0 aliphatic heterocycles. The number of nitrogens with zero attached hydrogens (tertiary/aromatic N) is 1. The molecule has 0 radical (unpaired) electrons. The van der Waals surface area contributed by atoms with E-state index < -0.39 is 0 Å². The minimum Gasteiger partial charge on any atom is -0.491 e. The van der Waals surface area contributed by atoms with Crippen molar-refractivity contribution in [3.05, 3.63) is 28.8 Å². The van der Waals surface area contributed by atoms with E-state index in [2.05, 4.69) is 19.9 Å². The fraction of sp³-hybridized carbons (Fsp3) is 0.500. The van der Waals surface area contributed by atoms with E-state index in [1.807, 2.05) is 13.0 Å². The summed E-state index contributed by atoms with van der Waals surface area (Å²) in [6.45, 7) is 7.23. The molecule has 18 heavy (non-hydrogen) atoms. The van der Waals surface area contributed by atoms with Crippen molar-refractivity contribution >= 4 is 5.91 Å². The Labute approximate surface area is 109 Å². The van der Waals surface area contributed by atoms with Crippen molar-refractivity contribution in [2.45, 2.75) is 20.8 Å². The van der Waals surface area contributed by atoms with Crippen LogP contribution in [-0.2, 0) is 4.79 Å². The van der Waals surface area contributed by atoms with Crippen LogP contribution in [0.5, 0.6) is 5.75 Å². The Morgan fingerprint density at radius 3 is 2.44 bits per heavy atom. The Hall–Kier alpha value is -1.55. The third-order valence-corrected chi connectivity index (χ3v) is 3.08. The summed E-state index contributed by atoms with van der Waals surface area (Å²) in [5.74, 6) is 0.808. The summed E-state index contributed by atoms with van der Waals surface area (Å²) in [6, 6.07) is 4.15. The fourth-order valence-electron chi connectivity index (χ4n) is 1.66. The molecule has 0 aromatic heterocycles. The highest BCUT2D eigenvalue weighted by Gasteiger charge is 2.07. The Kier molecular flexibility index (Phi) is 5.16. The molecular formula is C14H22N2O2. The Morgan fingerprint density at radius 1 is 1.22 bits per heavy atom. The maximum absolute atomic E-state index is 11.3. The quantitative estimate of drug-likeness (QED) is 0.859. The van der Waals surface area contributed by atoms with Gasteiger partial charge in [-0.15, -0.1) is 0 Å². The van der Waals surface area contributed by atoms with Gasteiger partial charge in [0.2, 0.25) is 5.91 Å². The van der Waals surface area contributed by atoms with Crippen LogP contribution < -0.4 is 10.5 Å². The monoisotopic (exact) mass is 250 g/mol. The standard InChI is InChI=1S/C14H22N2O2/c1-10-7-12(3)13(8-11(10)2)18-6-5-16(4)14(17)9-15/h7-8H,5-6,9,15H2,1-4H3. The van der Waals surface area contributed by atoms with E-state index in [1.54, 1.807) is 11.9 Å². The van der Waals surface area contributed by atoms with Crippen molar-refractivity contribution in [1.29, 1.82) is 0 Å². The number of benzene rings is 1. The number of ether oxygens (including phenoxy) is 1. The number of likely N-dealkylation sites (N-methyl/N-ethyl adjacent to an activating group) is 1. The van der Waals surface area contributed by atoms with E-state index in [1.165, 1.54) is 11.1 Å². The fourth-order valence-corrected chi connectivity index (χ4v) is 1.66. The third-order valence-electron chi connectivity index (χ3n) is 3.08. The summed E-state index contributed by atoms with van der Waals surface area (Å²) in [5.41, 5.74) is 8.87. The van der Waals surface area contributed by atoms with E-state index in [4.69, 9.17) is 10.5 Å². The highest BCUT2D eigenvalue weighted by Crippen LogP contribution is 2.22. The number of hydrogen-bond acceptors (Lipinski definition) is 3. The average Bonchev–Trinajstić information content (AvgIpc) is 2.34. The average molecular weight is 250 g/mol. The molecule has 2 N–H and O–H groups in total. The maximum atomic E-state index is 11.3. The molecule has 0 saturated heterocycles. The zero-order valence-electron chi connectivity index (χ0n) is 11.6. The molecule has 0 spiro atoms. The lowest BCUT2D eigenvalue weighted by Crippen LogP contribution is -2.35. The van der Waals surface area contributed by atoms with Crippen molar-refractivity contribution < 1.29 is 9.53 Å². The Balaban J connectivity index is 2.54. The molecule has 1 aromatic rings. The lowest BCUT2D eigenvalue weighted by molar-refractivity contribution is -0.128. The van der Waals surface area contributed by atoms with Crippen molar-refractivity contribution in [1.82, 2.24) is 4.90 Å². The number of carbonyl (C=O) groups is 1. The molecule has 0 aliphatic rings. The Bertz CT molecular complexity index is 430. The molecule has 0 heterocycles. The molecular weight excluding hydrogens is 228 g/mol. The summed E-state index contributed by atoms with van der Waals surface area (Å²) < 4.78 is 5.70. The highest BCUT2D eigenvalue weighted by molar-refractivity contribution is 5.77. The van der Waals surface area contributed by atoms with Gasteiger partial charge in [0.15, 0.2) is 0 Å². The van der Waals surface area contributed by atoms with E-state index in [0.717, 1.165) is 11.3 Å². The molecule has 0 unspecified atom stereocenters. The molecule has 0 fully saturated rings. The van der Waals surface area contributed by atoms with Gasteiger partial charge in [-0.1, -0.05) is 6.07 Å². The number of aryl methyl sites for hydroxylation is 3. The molecule has 100 valence electrons. The van der Waals surface area contributed by atoms with Gasteiger partial charge in [0.1, 0.15) is 12.4 Å². The molecule has 1 aromatic carbocycles. The minimum atomic E-state index is -0.0737. The van der Waals surface area contributed by atoms with Crippen molar-refractivity contribution in [2.24, 2.45) is 5.73 Å². The predicted molar refractivity (Wildman–Crippen MR) is 72.8 cm³/mol. The van der Waals surface area contributed by atoms with Crippen LogP contribution >= 0.6 is 0 Å². The van der Waals surface area contributed by atoms with Crippen LogP contribution in [-0.4, -0.2) is 37.6 Å². The smallest absolute Gasteiger partial charge is 0.236 e. The maximum Gasteiger partial charge on any atom is 0.236 e. The molecule has 0 atom stereocenters. The molecule has 4 heteroatoms. The van der Waals surface area contributed by atoms with Crippen LogP contribution in [0.4, 0.5) is 0 Å². The van der Waals surface area contributed by atoms with E-state index in [9.17, 15) is 4.79 Å². The lowest BCUT2D eigenvalue weighted by atomic mass is 10.1. The van der Waals surface area contributed by atoms with Gasteiger partial charge in [0.05, 0.1) is 13.1 Å². The Morgan fingerprint density at radius 2 is 1.83 bits per heavy atom. The minimum absolute atomic E-state index is 0.0408. The molecule has 0 aliphatic carbocycles. The van der Waals surface area contributed by atoms with Gasteiger partial charge in [0.25, 0.3) is 0 Å². The van der Waals surface area contributed by atoms with Gasteiger partial charge in [-0.25, -0.2) is 0 Å². The third kappa shape index (κ3) is 3.74. The van der Waals surface area contributed by atoms with E-state index in [0.29, 0.717) is 13.2 Å². The van der Waals surface area contributed by atoms with Gasteiger partial charge in [-0.05, 0) is 43.5 Å². The lowest BCUT2D eigenvalue weighted by Gasteiger charge is -2.17. The molecule has 0 bridgehead atoms. The molecule has 4 nitrogen and oxygen atoms in total. The van der Waals surface area contributed by atoms with Crippen LogP contribution in [0.15, 0.2) is 12.1 Å². The van der Waals surface area contributed by atoms with Gasteiger partial charge >= 0.3 is 0 Å². The van der Waals surface area contributed by atoms with Gasteiger partial charge < -0.3 is 15.4 Å². The van der Waals surface area contributed by atoms with E-state index in [-0.39, 0.29) is 12.5 Å². The van der Waals surface area contributed by atoms with Crippen molar-refractivity contribution in [3.8, 4) is 5.75 Å². The van der Waals surface area contributed by atoms with Crippen LogP contribution in [0.2, 0.25) is 0 Å². The first-order valence-corrected chi connectivity index (χ1v) is 6.10. The molecule has 1 amide bonds. The number of amides is 1. The number of rotatable bonds is 5. The second kappa shape index (κ2) is 6.40. The van der Waals surface area contributed by atoms with Gasteiger partial charge in [0, 0.05) is 7.05 Å². The number of carbonyl (C=O) groups excluding carboxylic acids is 1. The van der Waals surface area contributed by atoms with Gasteiger partial charge in [-0.3, -0.25) is 4.79 Å². The topological polar surface area (TPSA) is 55.6 Å². The second-order valence-corrected chi connectivity index (χ2v) is 4.57. The van der Waals surface area contributed by atoms with E-state index >= 15 is 0 Å². The molecule has 0 saturated carbocycles. The summed E-state index contributed by atoms with van der Waals surface area (Å²) in [5, 5.41) is 0. The predicted octanol–water partition coefficient (Wildman–Crippen LogP) is 1.41. The number of nitrogens with two attached hydrogens (primary N) is 1. The summed E-state index contributed by atoms with van der Waals surface area (Å²) in [6.07, 6.45) is 0. The van der Waals surface area contributed by atoms with Crippen LogP contribution in [0, 0.1) is 20.8 Å². The van der Waals surface area contributed by atoms with Crippen LogP contribution in [0.3, 0.4) is 0 Å². The summed E-state index contributed by atoms with van der Waals surface area (Å²) in [7, 11) is 1.73. The first-order valence-electron chi connectivity index (χ1n) is 6.10. The SMILES string of the molecule is Cc1cc(C)c(OCCN(C)C(=O)CN)cc1C. The van der Waals surface area contributed by atoms with Crippen molar-refractivity contribution in [3.63, 3.8) is 0 Å². The van der Waals surface area contributed by atoms with Crippen molar-refractivity contribution in [2.75, 3.05) is 26.7 Å². The first kappa shape index (κ1) is 14.5. The normalized spacial score (nSPS) is 10.3. The first-order chi connectivity index (χ1) is 8.45. The largest absolute Gasteiger partial charge is 0.491 e. The second-order valence-electron chi connectivity index (χ2n) is 4.57. The van der Waals surface area contributed by atoms with Crippen LogP contribution in [0.25, 0.3) is 0 Å². The summed E-state index contributed by atoms with van der Waals surface area (Å²) >= 11 is 0. The zero-order valence-corrected chi connectivity index (χ0v) is 11.6. The summed E-state index contributed by atoms with van der Waals surface area (Å²) in [4.78, 5) is 12.8. The van der Waals surface area contributed by atoms with Gasteiger partial charge in [-0.2, -0.15) is 0 Å². The number of hydrogen-bond donors (Lipinski definition) is 1. The molecule has 1 rings (SSSR count).